The number of alkyl halides is 3. The van der Waals surface area contributed by atoms with E-state index in [0.717, 1.165) is 0 Å². The maximum Gasteiger partial charge on any atom is 0.490 e. The molecule has 1 aromatic rings. The number of carboxylic acid groups (broad SMARTS) is 1. The molecule has 0 saturated heterocycles. The molecule has 0 spiro atoms. The molecule has 0 aromatic heterocycles. The number of carbonyl (C=O) groups excluding carboxylic acids is 2. The molecule has 0 aliphatic carbocycles. The summed E-state index contributed by atoms with van der Waals surface area (Å²) < 4.78 is 41.4. The second-order valence-electron chi connectivity index (χ2n) is 3.96. The third-order valence-electron chi connectivity index (χ3n) is 2.32. The normalized spacial score (nSPS) is 10.1. The summed E-state index contributed by atoms with van der Waals surface area (Å²) >= 11 is 0. The molecule has 0 radical (unpaired) electrons. The van der Waals surface area contributed by atoms with Crippen molar-refractivity contribution in [3.05, 3.63) is 23.8 Å². The fourth-order valence-electron chi connectivity index (χ4n) is 1.24. The van der Waals surface area contributed by atoms with Crippen molar-refractivity contribution < 1.29 is 42.1 Å². The van der Waals surface area contributed by atoms with Gasteiger partial charge in [0.2, 0.25) is 5.91 Å². The number of nitrogens with one attached hydrogen (secondary N) is 1. The number of amides is 1. The molecule has 8 nitrogen and oxygen atoms in total. The fraction of sp³-hybridized carbons (Fsp3) is 0.308. The lowest BCUT2D eigenvalue weighted by atomic mass is 10.2. The highest BCUT2D eigenvalue weighted by atomic mass is 19.4. The maximum atomic E-state index is 11.3. The number of hydrogen-bond donors (Lipinski definition) is 3. The fourth-order valence-corrected chi connectivity index (χ4v) is 1.24. The first kappa shape index (κ1) is 21.2. The summed E-state index contributed by atoms with van der Waals surface area (Å²) in [5.41, 5.74) is 5.98. The average molecular weight is 352 g/mol. The van der Waals surface area contributed by atoms with Gasteiger partial charge in [0.15, 0.2) is 0 Å². The molecule has 0 bridgehead atoms. The highest BCUT2D eigenvalue weighted by molar-refractivity contribution is 5.95. The van der Waals surface area contributed by atoms with E-state index in [-0.39, 0.29) is 12.5 Å². The van der Waals surface area contributed by atoms with Crippen LogP contribution in [-0.2, 0) is 14.3 Å². The third-order valence-corrected chi connectivity index (χ3v) is 2.32. The van der Waals surface area contributed by atoms with Crippen molar-refractivity contribution in [3.63, 3.8) is 0 Å². The lowest BCUT2D eigenvalue weighted by Crippen LogP contribution is -2.22. The first-order chi connectivity index (χ1) is 11.1. The Morgan fingerprint density at radius 1 is 1.25 bits per heavy atom. The highest BCUT2D eigenvalue weighted by Crippen LogP contribution is 2.25. The molecule has 1 amide bonds. The van der Waals surface area contributed by atoms with Gasteiger partial charge in [-0.15, -0.1) is 0 Å². The molecule has 0 aliphatic heterocycles. The van der Waals surface area contributed by atoms with Crippen LogP contribution in [0.1, 0.15) is 10.4 Å². The number of aliphatic carboxylic acids is 1. The lowest BCUT2D eigenvalue weighted by Gasteiger charge is -2.10. The van der Waals surface area contributed by atoms with Crippen LogP contribution in [0.15, 0.2) is 18.2 Å². The smallest absolute Gasteiger partial charge is 0.490 e. The Hall–Kier alpha value is -2.82. The number of carboxylic acids is 1. The van der Waals surface area contributed by atoms with Crippen molar-refractivity contribution in [2.24, 2.45) is 5.73 Å². The van der Waals surface area contributed by atoms with E-state index in [9.17, 15) is 22.8 Å². The first-order valence-electron chi connectivity index (χ1n) is 6.13. The standard InChI is InChI=1S/C11H14N2O4.C2HF3O2/c1-16-9-5-7(11(15)17-2)3-4-8(9)13-10(14)6-12;3-2(4,5)1(6)7/h3-5H,6,12H2,1-2H3,(H,13,14);(H,6,7). The van der Waals surface area contributed by atoms with Gasteiger partial charge in [-0.1, -0.05) is 0 Å². The minimum atomic E-state index is -5.08. The lowest BCUT2D eigenvalue weighted by molar-refractivity contribution is -0.192. The number of halogens is 3. The quantitative estimate of drug-likeness (QED) is 0.690. The van der Waals surface area contributed by atoms with Gasteiger partial charge in [0.1, 0.15) is 5.75 Å². The van der Waals surface area contributed by atoms with Crippen LogP contribution >= 0.6 is 0 Å². The topological polar surface area (TPSA) is 128 Å². The summed E-state index contributed by atoms with van der Waals surface area (Å²) in [6, 6.07) is 4.57. The number of rotatable bonds is 4. The van der Waals surface area contributed by atoms with E-state index >= 15 is 0 Å². The van der Waals surface area contributed by atoms with Crippen LogP contribution in [0.3, 0.4) is 0 Å². The van der Waals surface area contributed by atoms with E-state index in [0.29, 0.717) is 17.0 Å². The number of benzene rings is 1. The first-order valence-corrected chi connectivity index (χ1v) is 6.13. The summed E-state index contributed by atoms with van der Waals surface area (Å²) in [7, 11) is 2.73. The molecule has 1 aromatic carbocycles. The Kier molecular flexibility index (Phi) is 8.25. The third kappa shape index (κ3) is 6.96. The zero-order chi connectivity index (χ0) is 18.9. The van der Waals surface area contributed by atoms with Crippen molar-refractivity contribution >= 4 is 23.5 Å². The Bertz CT molecular complexity index is 604. The molecule has 0 saturated carbocycles. The van der Waals surface area contributed by atoms with Gasteiger partial charge < -0.3 is 25.6 Å². The Morgan fingerprint density at radius 3 is 2.17 bits per heavy atom. The van der Waals surface area contributed by atoms with Crippen molar-refractivity contribution in [2.75, 3.05) is 26.1 Å². The van der Waals surface area contributed by atoms with E-state index < -0.39 is 18.1 Å². The monoisotopic (exact) mass is 352 g/mol. The molecule has 24 heavy (non-hydrogen) atoms. The number of anilines is 1. The van der Waals surface area contributed by atoms with E-state index in [1.165, 1.54) is 26.4 Å². The van der Waals surface area contributed by atoms with Gasteiger partial charge in [0, 0.05) is 0 Å². The zero-order valence-corrected chi connectivity index (χ0v) is 12.6. The average Bonchev–Trinajstić information content (AvgIpc) is 2.53. The van der Waals surface area contributed by atoms with E-state index in [1.54, 1.807) is 6.07 Å². The van der Waals surface area contributed by atoms with Crippen molar-refractivity contribution in [1.29, 1.82) is 0 Å². The summed E-state index contributed by atoms with van der Waals surface area (Å²) in [5.74, 6) is -3.20. The second-order valence-corrected chi connectivity index (χ2v) is 3.96. The molecule has 0 atom stereocenters. The van der Waals surface area contributed by atoms with Gasteiger partial charge >= 0.3 is 18.1 Å². The van der Waals surface area contributed by atoms with Crippen LogP contribution in [-0.4, -0.2) is 49.9 Å². The maximum absolute atomic E-state index is 11.3. The number of nitrogens with two attached hydrogens (primary N) is 1. The van der Waals surface area contributed by atoms with Crippen molar-refractivity contribution in [2.45, 2.75) is 6.18 Å². The number of hydrogen-bond acceptors (Lipinski definition) is 6. The van der Waals surface area contributed by atoms with E-state index in [4.69, 9.17) is 20.4 Å². The zero-order valence-electron chi connectivity index (χ0n) is 12.6. The molecule has 11 heteroatoms. The van der Waals surface area contributed by atoms with Crippen LogP contribution in [0.5, 0.6) is 5.75 Å². The predicted octanol–water partition coefficient (Wildman–Crippen LogP) is 1.01. The number of carbonyl (C=O) groups is 3. The van der Waals surface area contributed by atoms with Gasteiger partial charge in [0.05, 0.1) is 32.0 Å². The molecule has 0 aliphatic rings. The number of ether oxygens (including phenoxy) is 2. The second kappa shape index (κ2) is 9.35. The minimum Gasteiger partial charge on any atom is -0.495 e. The van der Waals surface area contributed by atoms with Crippen molar-refractivity contribution in [1.82, 2.24) is 0 Å². The van der Waals surface area contributed by atoms with Gasteiger partial charge in [-0.25, -0.2) is 9.59 Å². The Morgan fingerprint density at radius 2 is 1.79 bits per heavy atom. The summed E-state index contributed by atoms with van der Waals surface area (Å²) in [4.78, 5) is 31.3. The largest absolute Gasteiger partial charge is 0.495 e. The number of esters is 1. The van der Waals surface area contributed by atoms with Gasteiger partial charge in [-0.05, 0) is 18.2 Å². The van der Waals surface area contributed by atoms with Crippen LogP contribution in [0, 0.1) is 0 Å². The van der Waals surface area contributed by atoms with Crippen LogP contribution in [0.4, 0.5) is 18.9 Å². The summed E-state index contributed by atoms with van der Waals surface area (Å²) in [6.07, 6.45) is -5.08. The van der Waals surface area contributed by atoms with Crippen LogP contribution in [0.25, 0.3) is 0 Å². The summed E-state index contributed by atoms with van der Waals surface area (Å²) in [6.45, 7) is -0.123. The molecule has 0 unspecified atom stereocenters. The molecule has 134 valence electrons. The van der Waals surface area contributed by atoms with Gasteiger partial charge in [-0.3, -0.25) is 4.79 Å². The minimum absolute atomic E-state index is 0.123. The predicted molar refractivity (Wildman–Crippen MR) is 75.7 cm³/mol. The Balaban J connectivity index is 0.000000640. The SMILES string of the molecule is COC(=O)c1ccc(NC(=O)CN)c(OC)c1.O=C(O)C(F)(F)F. The van der Waals surface area contributed by atoms with Crippen LogP contribution in [0.2, 0.25) is 0 Å². The molecule has 0 fully saturated rings. The molecular formula is C13H15F3N2O6. The van der Waals surface area contributed by atoms with Gasteiger partial charge in [-0.2, -0.15) is 13.2 Å². The Labute approximate surface area is 134 Å². The molecule has 1 rings (SSSR count). The van der Waals surface area contributed by atoms with Crippen molar-refractivity contribution in [3.8, 4) is 5.75 Å². The van der Waals surface area contributed by atoms with E-state index in [2.05, 4.69) is 10.1 Å². The molecular weight excluding hydrogens is 337 g/mol. The molecule has 4 N–H and O–H groups in total. The number of methoxy groups -OCH3 is 2. The summed E-state index contributed by atoms with van der Waals surface area (Å²) in [5, 5.41) is 9.68. The van der Waals surface area contributed by atoms with Gasteiger partial charge in [0.25, 0.3) is 0 Å². The molecule has 0 heterocycles. The van der Waals surface area contributed by atoms with E-state index in [1.807, 2.05) is 0 Å². The highest BCUT2D eigenvalue weighted by Gasteiger charge is 2.38. The van der Waals surface area contributed by atoms with Crippen LogP contribution < -0.4 is 15.8 Å².